The molecule has 0 aliphatic carbocycles. The summed E-state index contributed by atoms with van der Waals surface area (Å²) in [6, 6.07) is 21.4. The van der Waals surface area contributed by atoms with Gasteiger partial charge in [-0.3, -0.25) is 9.69 Å². The van der Waals surface area contributed by atoms with Crippen LogP contribution >= 0.6 is 11.3 Å². The molecule has 1 amide bonds. The molecule has 0 saturated heterocycles. The second-order valence-corrected chi connectivity index (χ2v) is 8.72. The number of aryl methyl sites for hydroxylation is 2. The summed E-state index contributed by atoms with van der Waals surface area (Å²) in [5.41, 5.74) is 4.75. The van der Waals surface area contributed by atoms with Gasteiger partial charge in [-0.2, -0.15) is 0 Å². The molecule has 32 heavy (non-hydrogen) atoms. The number of nitrogens with zero attached hydrogens (tertiary/aromatic N) is 2. The van der Waals surface area contributed by atoms with Gasteiger partial charge >= 0.3 is 0 Å². The number of hydrogen-bond acceptors (Lipinski definition) is 5. The van der Waals surface area contributed by atoms with Crippen molar-refractivity contribution in [1.29, 1.82) is 0 Å². The molecule has 5 nitrogen and oxygen atoms in total. The van der Waals surface area contributed by atoms with Crippen LogP contribution in [0, 0.1) is 13.8 Å². The van der Waals surface area contributed by atoms with Gasteiger partial charge in [0.15, 0.2) is 22.2 Å². The highest BCUT2D eigenvalue weighted by atomic mass is 32.1. The highest BCUT2D eigenvalue weighted by Gasteiger charge is 2.26. The van der Waals surface area contributed by atoms with E-state index in [-0.39, 0.29) is 11.7 Å². The molecular formula is C26H22N2O3S. The van der Waals surface area contributed by atoms with Crippen molar-refractivity contribution in [2.45, 2.75) is 20.4 Å². The zero-order chi connectivity index (χ0) is 22.2. The summed E-state index contributed by atoms with van der Waals surface area (Å²) in [6.45, 7) is 4.50. The van der Waals surface area contributed by atoms with Crippen molar-refractivity contribution in [1.82, 2.24) is 4.98 Å². The number of benzene rings is 3. The standard InChI is InChI=1S/C26H22N2O3S/c1-16-12-13-17(2)24-22(16)27-26(32-24)28(15-18-8-5-4-6-9-18)25(29)21-14-19-10-7-11-20(30-3)23(19)31-21/h4-14H,15H2,1-3H3. The van der Waals surface area contributed by atoms with E-state index in [0.717, 1.165) is 32.3 Å². The van der Waals surface area contributed by atoms with E-state index in [1.165, 1.54) is 11.3 Å². The number of amides is 1. The fourth-order valence-corrected chi connectivity index (χ4v) is 4.90. The first-order valence-corrected chi connectivity index (χ1v) is 11.2. The molecule has 0 atom stereocenters. The maximum atomic E-state index is 13.7. The molecule has 6 heteroatoms. The largest absolute Gasteiger partial charge is 0.493 e. The zero-order valence-electron chi connectivity index (χ0n) is 18.1. The van der Waals surface area contributed by atoms with E-state index in [1.807, 2.05) is 55.5 Å². The molecular weight excluding hydrogens is 420 g/mol. The van der Waals surface area contributed by atoms with E-state index in [1.54, 1.807) is 18.1 Å². The monoisotopic (exact) mass is 442 g/mol. The van der Waals surface area contributed by atoms with Gasteiger partial charge in [0.1, 0.15) is 0 Å². The number of thiazole rings is 1. The molecule has 5 rings (SSSR count). The first-order chi connectivity index (χ1) is 15.5. The van der Waals surface area contributed by atoms with Gasteiger partial charge in [0.05, 0.1) is 23.9 Å². The van der Waals surface area contributed by atoms with Crippen LogP contribution in [-0.2, 0) is 6.54 Å². The molecule has 0 spiro atoms. The molecule has 0 N–H and O–H groups in total. The van der Waals surface area contributed by atoms with Gasteiger partial charge in [0.2, 0.25) is 0 Å². The Balaban J connectivity index is 1.62. The molecule has 2 aromatic heterocycles. The predicted molar refractivity (Wildman–Crippen MR) is 129 cm³/mol. The summed E-state index contributed by atoms with van der Waals surface area (Å²) in [5.74, 6) is 0.622. The lowest BCUT2D eigenvalue weighted by Gasteiger charge is -2.18. The average molecular weight is 443 g/mol. The van der Waals surface area contributed by atoms with Crippen molar-refractivity contribution >= 4 is 43.6 Å². The van der Waals surface area contributed by atoms with E-state index < -0.39 is 0 Å². The van der Waals surface area contributed by atoms with E-state index in [4.69, 9.17) is 14.1 Å². The first kappa shape index (κ1) is 20.3. The Hall–Kier alpha value is -3.64. The maximum Gasteiger partial charge on any atom is 0.296 e. The number of methoxy groups -OCH3 is 1. The lowest BCUT2D eigenvalue weighted by atomic mass is 10.1. The number of anilines is 1. The SMILES string of the molecule is COc1cccc2cc(C(=O)N(Cc3ccccc3)c3nc4c(C)ccc(C)c4s3)oc12. The molecule has 0 aliphatic rings. The van der Waals surface area contributed by atoms with Crippen molar-refractivity contribution in [2.24, 2.45) is 0 Å². The van der Waals surface area contributed by atoms with E-state index in [9.17, 15) is 4.79 Å². The van der Waals surface area contributed by atoms with Crippen LogP contribution in [0.2, 0.25) is 0 Å². The first-order valence-electron chi connectivity index (χ1n) is 10.3. The minimum Gasteiger partial charge on any atom is -0.493 e. The minimum atomic E-state index is -0.235. The molecule has 3 aromatic carbocycles. The van der Waals surface area contributed by atoms with Crippen LogP contribution in [-0.4, -0.2) is 18.0 Å². The average Bonchev–Trinajstić information content (AvgIpc) is 3.45. The summed E-state index contributed by atoms with van der Waals surface area (Å²) in [6.07, 6.45) is 0. The van der Waals surface area contributed by atoms with Gasteiger partial charge in [-0.25, -0.2) is 4.98 Å². The van der Waals surface area contributed by atoms with Crippen molar-refractivity contribution < 1.29 is 13.9 Å². The number of carbonyl (C=O) groups is 1. The topological polar surface area (TPSA) is 55.6 Å². The van der Waals surface area contributed by atoms with Crippen LogP contribution in [0.3, 0.4) is 0 Å². The number of fused-ring (bicyclic) bond motifs is 2. The van der Waals surface area contributed by atoms with Gasteiger partial charge in [-0.05, 0) is 42.7 Å². The predicted octanol–water partition coefficient (Wildman–Crippen LogP) is 6.51. The number of hydrogen-bond donors (Lipinski definition) is 0. The molecule has 0 fully saturated rings. The Morgan fingerprint density at radius 2 is 1.81 bits per heavy atom. The number of carbonyl (C=O) groups excluding carboxylic acids is 1. The third-order valence-corrected chi connectivity index (χ3v) is 6.74. The number of rotatable bonds is 5. The Kier molecular flexibility index (Phi) is 5.15. The second kappa shape index (κ2) is 8.13. The van der Waals surface area contributed by atoms with Gasteiger partial charge in [0, 0.05) is 5.39 Å². The highest BCUT2D eigenvalue weighted by Crippen LogP contribution is 2.35. The third kappa shape index (κ3) is 3.52. The molecule has 160 valence electrons. The van der Waals surface area contributed by atoms with Crippen LogP contribution in [0.4, 0.5) is 5.13 Å². The van der Waals surface area contributed by atoms with Gasteiger partial charge in [-0.15, -0.1) is 0 Å². The Morgan fingerprint density at radius 3 is 2.56 bits per heavy atom. The van der Waals surface area contributed by atoms with Crippen molar-refractivity contribution in [3.05, 3.63) is 89.2 Å². The molecule has 0 radical (unpaired) electrons. The quantitative estimate of drug-likeness (QED) is 0.311. The third-order valence-electron chi connectivity index (χ3n) is 5.53. The van der Waals surface area contributed by atoms with Gasteiger partial charge in [-0.1, -0.05) is 65.9 Å². The zero-order valence-corrected chi connectivity index (χ0v) is 18.9. The lowest BCUT2D eigenvalue weighted by Crippen LogP contribution is -2.30. The van der Waals surface area contributed by atoms with Gasteiger partial charge in [0.25, 0.3) is 5.91 Å². The van der Waals surface area contributed by atoms with Crippen molar-refractivity contribution in [3.63, 3.8) is 0 Å². The second-order valence-electron chi connectivity index (χ2n) is 7.74. The lowest BCUT2D eigenvalue weighted by molar-refractivity contribution is 0.0960. The summed E-state index contributed by atoms with van der Waals surface area (Å²) < 4.78 is 12.5. The Bertz CT molecular complexity index is 1400. The van der Waals surface area contributed by atoms with Crippen molar-refractivity contribution in [3.8, 4) is 5.75 Å². The summed E-state index contributed by atoms with van der Waals surface area (Å²) >= 11 is 1.53. The summed E-state index contributed by atoms with van der Waals surface area (Å²) in [5, 5.41) is 1.47. The fraction of sp³-hybridized carbons (Fsp3) is 0.154. The van der Waals surface area contributed by atoms with Gasteiger partial charge < -0.3 is 9.15 Å². The Labute approximate surface area is 189 Å². The molecule has 5 aromatic rings. The molecule has 0 aliphatic heterocycles. The fourth-order valence-electron chi connectivity index (χ4n) is 3.79. The summed E-state index contributed by atoms with van der Waals surface area (Å²) in [7, 11) is 1.59. The number of furan rings is 1. The smallest absolute Gasteiger partial charge is 0.296 e. The number of ether oxygens (including phenoxy) is 1. The maximum absolute atomic E-state index is 13.7. The van der Waals surface area contributed by atoms with E-state index in [2.05, 4.69) is 19.1 Å². The highest BCUT2D eigenvalue weighted by molar-refractivity contribution is 7.22. The van der Waals surface area contributed by atoms with E-state index >= 15 is 0 Å². The normalized spacial score (nSPS) is 11.2. The van der Waals surface area contributed by atoms with Crippen LogP contribution in [0.15, 0.2) is 71.1 Å². The number of para-hydroxylation sites is 1. The molecule has 0 bridgehead atoms. The molecule has 0 unspecified atom stereocenters. The van der Waals surface area contributed by atoms with Crippen LogP contribution < -0.4 is 9.64 Å². The van der Waals surface area contributed by atoms with Crippen molar-refractivity contribution in [2.75, 3.05) is 12.0 Å². The molecule has 0 saturated carbocycles. The minimum absolute atomic E-state index is 0.235. The van der Waals surface area contributed by atoms with Crippen LogP contribution in [0.25, 0.3) is 21.2 Å². The number of aromatic nitrogens is 1. The molecule has 2 heterocycles. The van der Waals surface area contributed by atoms with Crippen LogP contribution in [0.1, 0.15) is 27.2 Å². The Morgan fingerprint density at radius 1 is 1.03 bits per heavy atom. The van der Waals surface area contributed by atoms with E-state index in [0.29, 0.717) is 23.0 Å². The van der Waals surface area contributed by atoms with Crippen LogP contribution in [0.5, 0.6) is 5.75 Å². The summed E-state index contributed by atoms with van der Waals surface area (Å²) in [4.78, 5) is 20.3.